The average Bonchev–Trinajstić information content (AvgIpc) is 2.75. The summed E-state index contributed by atoms with van der Waals surface area (Å²) in [6.45, 7) is 4.58. The van der Waals surface area contributed by atoms with Crippen molar-refractivity contribution in [3.8, 4) is 11.3 Å². The number of fused-ring (bicyclic) bond motifs is 1. The fourth-order valence-electron chi connectivity index (χ4n) is 3.57. The molecule has 4 rings (SSSR count). The maximum absolute atomic E-state index is 13.3. The van der Waals surface area contributed by atoms with Crippen molar-refractivity contribution in [1.82, 2.24) is 4.98 Å². The molecule has 0 unspecified atom stereocenters. The van der Waals surface area contributed by atoms with Crippen LogP contribution < -0.4 is 5.32 Å². The van der Waals surface area contributed by atoms with Crippen molar-refractivity contribution in [2.45, 2.75) is 20.5 Å². The zero-order chi connectivity index (χ0) is 21.1. The quantitative estimate of drug-likeness (QED) is 0.456. The van der Waals surface area contributed by atoms with Crippen molar-refractivity contribution >= 4 is 22.5 Å². The smallest absolute Gasteiger partial charge is 0.256 e. The van der Waals surface area contributed by atoms with E-state index in [2.05, 4.69) is 5.32 Å². The second-order valence-electron chi connectivity index (χ2n) is 7.47. The number of pyridine rings is 1. The zero-order valence-electron chi connectivity index (χ0n) is 17.4. The second-order valence-corrected chi connectivity index (χ2v) is 7.47. The van der Waals surface area contributed by atoms with Gasteiger partial charge in [0.05, 0.1) is 23.4 Å². The Morgan fingerprint density at radius 1 is 0.967 bits per heavy atom. The summed E-state index contributed by atoms with van der Waals surface area (Å²) in [5.41, 5.74) is 7.21. The van der Waals surface area contributed by atoms with Crippen LogP contribution in [0.4, 0.5) is 5.69 Å². The van der Waals surface area contributed by atoms with Gasteiger partial charge in [0.25, 0.3) is 5.91 Å². The summed E-state index contributed by atoms with van der Waals surface area (Å²) in [6, 6.07) is 23.7. The van der Waals surface area contributed by atoms with E-state index in [9.17, 15) is 4.79 Å². The number of amides is 1. The number of carbonyl (C=O) groups is 1. The van der Waals surface area contributed by atoms with Gasteiger partial charge in [-0.25, -0.2) is 4.98 Å². The predicted octanol–water partition coefficient (Wildman–Crippen LogP) is 5.92. The third-order valence-electron chi connectivity index (χ3n) is 5.18. The summed E-state index contributed by atoms with van der Waals surface area (Å²) in [4.78, 5) is 18.1. The molecule has 4 aromatic rings. The molecule has 30 heavy (non-hydrogen) atoms. The Kier molecular flexibility index (Phi) is 5.59. The minimum atomic E-state index is -0.149. The van der Waals surface area contributed by atoms with Crippen LogP contribution >= 0.6 is 0 Å². The molecular formula is C26H24N2O2. The molecule has 4 nitrogen and oxygen atoms in total. The number of nitrogens with zero attached hydrogens (tertiary/aromatic N) is 1. The molecule has 0 atom stereocenters. The molecule has 1 heterocycles. The van der Waals surface area contributed by atoms with E-state index < -0.39 is 0 Å². The van der Waals surface area contributed by atoms with Crippen LogP contribution in [-0.2, 0) is 11.3 Å². The van der Waals surface area contributed by atoms with Crippen LogP contribution in [0.2, 0.25) is 0 Å². The van der Waals surface area contributed by atoms with E-state index in [1.165, 1.54) is 0 Å². The molecule has 150 valence electrons. The third kappa shape index (κ3) is 4.09. The van der Waals surface area contributed by atoms with Gasteiger partial charge in [-0.2, -0.15) is 0 Å². The zero-order valence-corrected chi connectivity index (χ0v) is 17.4. The predicted molar refractivity (Wildman–Crippen MR) is 122 cm³/mol. The van der Waals surface area contributed by atoms with E-state index in [1.807, 2.05) is 86.6 Å². The molecule has 0 saturated carbocycles. The number of nitrogens with one attached hydrogen (secondary N) is 1. The van der Waals surface area contributed by atoms with Crippen LogP contribution in [0, 0.1) is 13.8 Å². The Hall–Kier alpha value is -3.50. The van der Waals surface area contributed by atoms with Gasteiger partial charge in [0, 0.05) is 23.7 Å². The summed E-state index contributed by atoms with van der Waals surface area (Å²) in [7, 11) is 1.68. The first-order valence-corrected chi connectivity index (χ1v) is 9.92. The lowest BCUT2D eigenvalue weighted by Crippen LogP contribution is -2.13. The van der Waals surface area contributed by atoms with Gasteiger partial charge in [-0.15, -0.1) is 0 Å². The number of aromatic nitrogens is 1. The number of hydrogen-bond donors (Lipinski definition) is 1. The van der Waals surface area contributed by atoms with Crippen molar-refractivity contribution < 1.29 is 9.53 Å². The highest BCUT2D eigenvalue weighted by molar-refractivity contribution is 6.13. The third-order valence-corrected chi connectivity index (χ3v) is 5.18. The van der Waals surface area contributed by atoms with E-state index in [4.69, 9.17) is 9.72 Å². The number of anilines is 1. The Bertz CT molecular complexity index is 1220. The standard InChI is InChI=1S/C26H24N2O2/c1-17-9-12-24-22(13-17)23(15-25(28-24)19-7-5-4-6-8-19)26(29)27-21-11-10-20(16-30-3)18(2)14-21/h4-15H,16H2,1-3H3,(H,27,29). The van der Waals surface area contributed by atoms with Crippen molar-refractivity contribution in [3.63, 3.8) is 0 Å². The molecule has 1 aromatic heterocycles. The number of aryl methyl sites for hydroxylation is 2. The fourth-order valence-corrected chi connectivity index (χ4v) is 3.57. The highest BCUT2D eigenvalue weighted by Gasteiger charge is 2.15. The van der Waals surface area contributed by atoms with Gasteiger partial charge >= 0.3 is 0 Å². The lowest BCUT2D eigenvalue weighted by atomic mass is 10.0. The summed E-state index contributed by atoms with van der Waals surface area (Å²) >= 11 is 0. The first-order chi connectivity index (χ1) is 14.5. The number of benzene rings is 3. The molecule has 0 spiro atoms. The maximum atomic E-state index is 13.3. The first-order valence-electron chi connectivity index (χ1n) is 9.92. The van der Waals surface area contributed by atoms with Crippen LogP contribution in [0.5, 0.6) is 0 Å². The lowest BCUT2D eigenvalue weighted by molar-refractivity contribution is 0.102. The molecule has 4 heteroatoms. The fraction of sp³-hybridized carbons (Fsp3) is 0.154. The molecule has 0 saturated heterocycles. The Labute approximate surface area is 176 Å². The van der Waals surface area contributed by atoms with E-state index in [0.717, 1.165) is 44.5 Å². The topological polar surface area (TPSA) is 51.2 Å². The maximum Gasteiger partial charge on any atom is 0.256 e. The highest BCUT2D eigenvalue weighted by Crippen LogP contribution is 2.27. The Balaban J connectivity index is 1.75. The molecule has 1 N–H and O–H groups in total. The van der Waals surface area contributed by atoms with Crippen LogP contribution in [0.1, 0.15) is 27.0 Å². The molecule has 0 aliphatic carbocycles. The van der Waals surface area contributed by atoms with Crippen molar-refractivity contribution in [2.75, 3.05) is 12.4 Å². The van der Waals surface area contributed by atoms with Crippen molar-refractivity contribution in [1.29, 1.82) is 0 Å². The Morgan fingerprint density at radius 2 is 1.77 bits per heavy atom. The van der Waals surface area contributed by atoms with Gasteiger partial charge in [-0.1, -0.05) is 48.0 Å². The van der Waals surface area contributed by atoms with E-state index >= 15 is 0 Å². The molecule has 0 radical (unpaired) electrons. The number of methoxy groups -OCH3 is 1. The SMILES string of the molecule is COCc1ccc(NC(=O)c2cc(-c3ccccc3)nc3ccc(C)cc23)cc1C. The van der Waals surface area contributed by atoms with Gasteiger partial charge in [-0.3, -0.25) is 4.79 Å². The lowest BCUT2D eigenvalue weighted by Gasteiger charge is -2.13. The van der Waals surface area contributed by atoms with Gasteiger partial charge < -0.3 is 10.1 Å². The van der Waals surface area contributed by atoms with Crippen molar-refractivity contribution in [2.24, 2.45) is 0 Å². The Morgan fingerprint density at radius 3 is 2.50 bits per heavy atom. The number of rotatable bonds is 5. The van der Waals surface area contributed by atoms with Crippen LogP contribution in [0.25, 0.3) is 22.2 Å². The van der Waals surface area contributed by atoms with Gasteiger partial charge in [0.15, 0.2) is 0 Å². The van der Waals surface area contributed by atoms with Crippen LogP contribution in [-0.4, -0.2) is 18.0 Å². The van der Waals surface area contributed by atoms with Gasteiger partial charge in [-0.05, 0) is 55.3 Å². The van der Waals surface area contributed by atoms with Crippen molar-refractivity contribution in [3.05, 3.63) is 95.1 Å². The molecular weight excluding hydrogens is 372 g/mol. The molecule has 1 amide bonds. The van der Waals surface area contributed by atoms with E-state index in [0.29, 0.717) is 12.2 Å². The van der Waals surface area contributed by atoms with Crippen LogP contribution in [0.3, 0.4) is 0 Å². The number of carbonyl (C=O) groups excluding carboxylic acids is 1. The van der Waals surface area contributed by atoms with Gasteiger partial charge in [0.2, 0.25) is 0 Å². The summed E-state index contributed by atoms with van der Waals surface area (Å²) in [5, 5.41) is 3.90. The number of hydrogen-bond acceptors (Lipinski definition) is 3. The summed E-state index contributed by atoms with van der Waals surface area (Å²) in [6.07, 6.45) is 0. The molecule has 0 fully saturated rings. The first kappa shape index (κ1) is 19.8. The molecule has 0 bridgehead atoms. The molecule has 0 aliphatic heterocycles. The molecule has 0 aliphatic rings. The minimum absolute atomic E-state index is 0.149. The average molecular weight is 396 g/mol. The van der Waals surface area contributed by atoms with E-state index in [1.54, 1.807) is 7.11 Å². The highest BCUT2D eigenvalue weighted by atomic mass is 16.5. The monoisotopic (exact) mass is 396 g/mol. The summed E-state index contributed by atoms with van der Waals surface area (Å²) in [5.74, 6) is -0.149. The van der Waals surface area contributed by atoms with E-state index in [-0.39, 0.29) is 5.91 Å². The normalized spacial score (nSPS) is 10.9. The largest absolute Gasteiger partial charge is 0.380 e. The summed E-state index contributed by atoms with van der Waals surface area (Å²) < 4.78 is 5.22. The minimum Gasteiger partial charge on any atom is -0.380 e. The van der Waals surface area contributed by atoms with Gasteiger partial charge in [0.1, 0.15) is 0 Å². The number of ether oxygens (including phenoxy) is 1. The molecule has 3 aromatic carbocycles. The second kappa shape index (κ2) is 8.47. The van der Waals surface area contributed by atoms with Crippen LogP contribution in [0.15, 0.2) is 72.8 Å².